The topological polar surface area (TPSA) is 48.0 Å². The van der Waals surface area contributed by atoms with Crippen LogP contribution in [0.15, 0.2) is 85.3 Å². The van der Waals surface area contributed by atoms with Crippen LogP contribution in [0.3, 0.4) is 0 Å². The maximum Gasteiger partial charge on any atom is 0.165 e. The lowest BCUT2D eigenvalue weighted by molar-refractivity contribution is 0.834. The van der Waals surface area contributed by atoms with Crippen molar-refractivity contribution >= 4 is 5.65 Å². The first-order chi connectivity index (χ1) is 13.3. The molecule has 2 aromatic carbocycles. The fourth-order valence-corrected chi connectivity index (χ4v) is 3.32. The Morgan fingerprint density at radius 2 is 1.56 bits per heavy atom. The summed E-state index contributed by atoms with van der Waals surface area (Å²) >= 11 is 0. The van der Waals surface area contributed by atoms with Crippen molar-refractivity contribution in [2.75, 3.05) is 0 Å². The molecule has 5 heteroatoms. The lowest BCUT2D eigenvalue weighted by atomic mass is 10.1. The number of imidazole rings is 1. The summed E-state index contributed by atoms with van der Waals surface area (Å²) in [6.07, 6.45) is 5.62. The average molecular weight is 351 g/mol. The predicted octanol–water partition coefficient (Wildman–Crippen LogP) is 4.56. The fraction of sp³-hybridized carbons (Fsp3) is 0.0455. The SMILES string of the molecule is Cc1nccn1-c1cc(-c2ccccc2)nc2c(-c3ccccc3)cnn12. The lowest BCUT2D eigenvalue weighted by Gasteiger charge is -2.11. The Hall–Kier alpha value is -3.73. The minimum absolute atomic E-state index is 0.825. The summed E-state index contributed by atoms with van der Waals surface area (Å²) in [5.74, 6) is 1.81. The molecule has 5 rings (SSSR count). The molecule has 5 nitrogen and oxygen atoms in total. The summed E-state index contributed by atoms with van der Waals surface area (Å²) < 4.78 is 3.91. The molecule has 0 saturated heterocycles. The van der Waals surface area contributed by atoms with Gasteiger partial charge in [0.05, 0.1) is 11.9 Å². The highest BCUT2D eigenvalue weighted by atomic mass is 15.3. The van der Waals surface area contributed by atoms with Crippen molar-refractivity contribution in [2.24, 2.45) is 0 Å². The summed E-state index contributed by atoms with van der Waals surface area (Å²) in [4.78, 5) is 9.32. The van der Waals surface area contributed by atoms with E-state index in [1.807, 2.05) is 64.8 Å². The normalized spacial score (nSPS) is 11.1. The van der Waals surface area contributed by atoms with Gasteiger partial charge in [-0.25, -0.2) is 9.97 Å². The van der Waals surface area contributed by atoms with Crippen LogP contribution in [-0.4, -0.2) is 24.1 Å². The summed E-state index contributed by atoms with van der Waals surface area (Å²) in [6.45, 7) is 1.98. The summed E-state index contributed by atoms with van der Waals surface area (Å²) in [5, 5.41) is 4.63. The Balaban J connectivity index is 1.83. The molecule has 0 spiro atoms. The number of hydrogen-bond donors (Lipinski definition) is 0. The van der Waals surface area contributed by atoms with Crippen molar-refractivity contribution in [3.8, 4) is 28.2 Å². The molecule has 0 amide bonds. The van der Waals surface area contributed by atoms with Gasteiger partial charge in [-0.1, -0.05) is 60.7 Å². The van der Waals surface area contributed by atoms with Gasteiger partial charge in [0.1, 0.15) is 11.6 Å². The monoisotopic (exact) mass is 351 g/mol. The van der Waals surface area contributed by atoms with E-state index >= 15 is 0 Å². The highest BCUT2D eigenvalue weighted by Gasteiger charge is 2.15. The van der Waals surface area contributed by atoms with Gasteiger partial charge in [0.2, 0.25) is 0 Å². The number of aromatic nitrogens is 5. The second-order valence-electron chi connectivity index (χ2n) is 6.37. The van der Waals surface area contributed by atoms with E-state index in [1.54, 1.807) is 6.20 Å². The highest BCUT2D eigenvalue weighted by Crippen LogP contribution is 2.28. The molecule has 5 aromatic rings. The lowest BCUT2D eigenvalue weighted by Crippen LogP contribution is -2.06. The van der Waals surface area contributed by atoms with Gasteiger partial charge in [-0.05, 0) is 12.5 Å². The van der Waals surface area contributed by atoms with Crippen molar-refractivity contribution in [3.63, 3.8) is 0 Å². The molecule has 0 unspecified atom stereocenters. The van der Waals surface area contributed by atoms with E-state index < -0.39 is 0 Å². The molecule has 0 bridgehead atoms. The fourth-order valence-electron chi connectivity index (χ4n) is 3.32. The second-order valence-corrected chi connectivity index (χ2v) is 6.37. The van der Waals surface area contributed by atoms with E-state index in [2.05, 4.69) is 40.4 Å². The molecule has 0 saturated carbocycles. The van der Waals surface area contributed by atoms with E-state index in [1.165, 1.54) is 0 Å². The third-order valence-corrected chi connectivity index (χ3v) is 4.68. The van der Waals surface area contributed by atoms with Crippen molar-refractivity contribution in [1.29, 1.82) is 0 Å². The van der Waals surface area contributed by atoms with Crippen LogP contribution < -0.4 is 0 Å². The van der Waals surface area contributed by atoms with E-state index in [0.717, 1.165) is 39.7 Å². The number of benzene rings is 2. The molecule has 0 fully saturated rings. The molecule has 0 N–H and O–H groups in total. The number of rotatable bonds is 3. The molecular formula is C22H17N5. The van der Waals surface area contributed by atoms with Crippen LogP contribution in [-0.2, 0) is 0 Å². The standard InChI is InChI=1S/C22H17N5/c1-16-23-12-13-26(16)21-14-20(18-10-6-3-7-11-18)25-22-19(15-24-27(21)22)17-8-4-2-5-9-17/h2-15H,1H3. The number of aryl methyl sites for hydroxylation is 1. The Bertz CT molecular complexity index is 1220. The first-order valence-electron chi connectivity index (χ1n) is 8.81. The zero-order valence-corrected chi connectivity index (χ0v) is 14.8. The summed E-state index contributed by atoms with van der Waals surface area (Å²) in [7, 11) is 0. The third kappa shape index (κ3) is 2.60. The van der Waals surface area contributed by atoms with Crippen LogP contribution >= 0.6 is 0 Å². The molecule has 0 radical (unpaired) electrons. The average Bonchev–Trinajstić information content (AvgIpc) is 3.35. The van der Waals surface area contributed by atoms with Crippen LogP contribution in [0.1, 0.15) is 5.82 Å². The zero-order chi connectivity index (χ0) is 18.2. The van der Waals surface area contributed by atoms with Gasteiger partial charge in [0, 0.05) is 29.6 Å². The predicted molar refractivity (Wildman–Crippen MR) is 106 cm³/mol. The molecular weight excluding hydrogens is 334 g/mol. The van der Waals surface area contributed by atoms with Crippen molar-refractivity contribution in [2.45, 2.75) is 6.92 Å². The zero-order valence-electron chi connectivity index (χ0n) is 14.8. The molecule has 130 valence electrons. The van der Waals surface area contributed by atoms with Gasteiger partial charge in [0.15, 0.2) is 5.65 Å². The van der Waals surface area contributed by atoms with Crippen LogP contribution in [0.5, 0.6) is 0 Å². The van der Waals surface area contributed by atoms with Gasteiger partial charge in [-0.15, -0.1) is 0 Å². The first-order valence-corrected chi connectivity index (χ1v) is 8.81. The Kier molecular flexibility index (Phi) is 3.57. The van der Waals surface area contributed by atoms with Gasteiger partial charge < -0.3 is 0 Å². The largest absolute Gasteiger partial charge is 0.288 e. The van der Waals surface area contributed by atoms with E-state index in [9.17, 15) is 0 Å². The third-order valence-electron chi connectivity index (χ3n) is 4.68. The van der Waals surface area contributed by atoms with Gasteiger partial charge in [-0.2, -0.15) is 9.61 Å². The Morgan fingerprint density at radius 1 is 0.852 bits per heavy atom. The van der Waals surface area contributed by atoms with Gasteiger partial charge in [-0.3, -0.25) is 4.57 Å². The van der Waals surface area contributed by atoms with Crippen LogP contribution in [0.2, 0.25) is 0 Å². The van der Waals surface area contributed by atoms with Gasteiger partial charge >= 0.3 is 0 Å². The smallest absolute Gasteiger partial charge is 0.165 e. The Labute approximate surface area is 156 Å². The van der Waals surface area contributed by atoms with Crippen molar-refractivity contribution < 1.29 is 0 Å². The molecule has 0 aliphatic rings. The van der Waals surface area contributed by atoms with Crippen LogP contribution in [0.4, 0.5) is 0 Å². The maximum atomic E-state index is 4.95. The Morgan fingerprint density at radius 3 is 2.22 bits per heavy atom. The quantitative estimate of drug-likeness (QED) is 0.479. The second kappa shape index (κ2) is 6.21. The summed E-state index contributed by atoms with van der Waals surface area (Å²) in [6, 6.07) is 22.5. The minimum atomic E-state index is 0.825. The first kappa shape index (κ1) is 15.5. The van der Waals surface area contributed by atoms with Gasteiger partial charge in [0.25, 0.3) is 0 Å². The maximum absolute atomic E-state index is 4.95. The molecule has 3 heterocycles. The molecule has 3 aromatic heterocycles. The van der Waals surface area contributed by atoms with E-state index in [4.69, 9.17) is 4.98 Å². The summed E-state index contributed by atoms with van der Waals surface area (Å²) in [5.41, 5.74) is 4.90. The van der Waals surface area contributed by atoms with E-state index in [-0.39, 0.29) is 0 Å². The number of fused-ring (bicyclic) bond motifs is 1. The van der Waals surface area contributed by atoms with Crippen LogP contribution in [0.25, 0.3) is 33.8 Å². The van der Waals surface area contributed by atoms with Crippen molar-refractivity contribution in [3.05, 3.63) is 91.1 Å². The number of hydrogen-bond acceptors (Lipinski definition) is 3. The van der Waals surface area contributed by atoms with Crippen molar-refractivity contribution in [1.82, 2.24) is 24.1 Å². The molecule has 0 aliphatic carbocycles. The molecule has 0 atom stereocenters. The number of nitrogens with zero attached hydrogens (tertiary/aromatic N) is 5. The van der Waals surface area contributed by atoms with Crippen LogP contribution in [0, 0.1) is 6.92 Å². The highest BCUT2D eigenvalue weighted by molar-refractivity contribution is 5.79. The molecule has 0 aliphatic heterocycles. The molecule has 27 heavy (non-hydrogen) atoms. The minimum Gasteiger partial charge on any atom is -0.288 e. The van der Waals surface area contributed by atoms with E-state index in [0.29, 0.717) is 0 Å².